The van der Waals surface area contributed by atoms with E-state index in [9.17, 15) is 19.5 Å². The van der Waals surface area contributed by atoms with Crippen LogP contribution in [0.15, 0.2) is 24.3 Å². The molecule has 1 N–H and O–H groups in total. The molecule has 1 aromatic carbocycles. The number of likely N-dealkylation sites (tertiary alicyclic amines) is 1. The van der Waals surface area contributed by atoms with Crippen LogP contribution in [0.4, 0.5) is 0 Å². The zero-order valence-electron chi connectivity index (χ0n) is 17.6. The molecule has 2 heterocycles. The maximum Gasteiger partial charge on any atom is 0.328 e. The summed E-state index contributed by atoms with van der Waals surface area (Å²) in [6.45, 7) is 8.85. The van der Waals surface area contributed by atoms with Crippen molar-refractivity contribution in [1.29, 1.82) is 0 Å². The van der Waals surface area contributed by atoms with E-state index >= 15 is 0 Å². The van der Waals surface area contributed by atoms with Crippen molar-refractivity contribution in [2.24, 2.45) is 5.41 Å². The highest BCUT2D eigenvalue weighted by molar-refractivity contribution is 5.97. The second-order valence-corrected chi connectivity index (χ2v) is 9.27. The van der Waals surface area contributed by atoms with E-state index in [4.69, 9.17) is 4.74 Å². The number of hydrogen-bond donors (Lipinski definition) is 1. The number of hydrogen-bond acceptors (Lipinski definition) is 4. The molecule has 1 spiro atoms. The molecule has 2 aliphatic rings. The molecule has 3 rings (SSSR count). The Labute approximate surface area is 171 Å². The van der Waals surface area contributed by atoms with Crippen molar-refractivity contribution < 1.29 is 24.2 Å². The molecule has 0 aliphatic carbocycles. The lowest BCUT2D eigenvalue weighted by atomic mass is 9.90. The number of carboxylic acids is 1. The maximum absolute atomic E-state index is 13.3. The fourth-order valence-corrected chi connectivity index (χ4v) is 4.06. The van der Waals surface area contributed by atoms with E-state index in [1.165, 1.54) is 4.90 Å². The second-order valence-electron chi connectivity index (χ2n) is 9.27. The topological polar surface area (TPSA) is 87.2 Å². The lowest BCUT2D eigenvalue weighted by molar-refractivity contribution is -0.148. The molecule has 2 fully saturated rings. The largest absolute Gasteiger partial charge is 0.480 e. The van der Waals surface area contributed by atoms with Crippen molar-refractivity contribution in [2.45, 2.75) is 58.7 Å². The van der Waals surface area contributed by atoms with Crippen LogP contribution in [0.25, 0.3) is 0 Å². The summed E-state index contributed by atoms with van der Waals surface area (Å²) in [5, 5.41) is 9.67. The van der Waals surface area contributed by atoms with Gasteiger partial charge in [-0.1, -0.05) is 38.5 Å². The Morgan fingerprint density at radius 1 is 1.14 bits per heavy atom. The number of rotatable bonds is 3. The normalized spacial score (nSPS) is 21.4. The minimum atomic E-state index is -1.08. The number of amides is 2. The number of nitrogens with zero attached hydrogens (tertiary/aromatic N) is 2. The summed E-state index contributed by atoms with van der Waals surface area (Å²) in [6, 6.07) is 6.07. The lowest BCUT2D eigenvalue weighted by Gasteiger charge is -2.44. The van der Waals surface area contributed by atoms with Crippen LogP contribution in [0.3, 0.4) is 0 Å². The van der Waals surface area contributed by atoms with Crippen molar-refractivity contribution in [2.75, 3.05) is 19.7 Å². The van der Waals surface area contributed by atoms with Crippen molar-refractivity contribution in [1.82, 2.24) is 9.80 Å². The molecule has 158 valence electrons. The number of carbonyl (C=O) groups excluding carboxylic acids is 2. The molecule has 0 bridgehead atoms. The van der Waals surface area contributed by atoms with Crippen molar-refractivity contribution in [3.05, 3.63) is 35.4 Å². The predicted octanol–water partition coefficient (Wildman–Crippen LogP) is 2.68. The first-order valence-corrected chi connectivity index (χ1v) is 10.1. The van der Waals surface area contributed by atoms with Crippen LogP contribution in [-0.4, -0.2) is 64.2 Å². The van der Waals surface area contributed by atoms with Crippen LogP contribution >= 0.6 is 0 Å². The smallest absolute Gasteiger partial charge is 0.328 e. The zero-order valence-corrected chi connectivity index (χ0v) is 17.6. The third-order valence-electron chi connectivity index (χ3n) is 5.64. The van der Waals surface area contributed by atoms with Gasteiger partial charge in [0, 0.05) is 37.9 Å². The van der Waals surface area contributed by atoms with Crippen LogP contribution in [-0.2, 0) is 14.3 Å². The molecule has 2 amide bonds. The van der Waals surface area contributed by atoms with Crippen molar-refractivity contribution in [3.8, 4) is 0 Å². The Balaban J connectivity index is 1.80. The van der Waals surface area contributed by atoms with Gasteiger partial charge in [0.1, 0.15) is 5.72 Å². The summed E-state index contributed by atoms with van der Waals surface area (Å²) in [5.41, 5.74) is 0.383. The molecule has 0 saturated carbocycles. The Bertz CT molecular complexity index is 788. The van der Waals surface area contributed by atoms with E-state index < -0.39 is 17.7 Å². The minimum absolute atomic E-state index is 0.0388. The van der Waals surface area contributed by atoms with E-state index in [1.54, 1.807) is 17.0 Å². The highest BCUT2D eigenvalue weighted by Crippen LogP contribution is 2.39. The minimum Gasteiger partial charge on any atom is -0.480 e. The van der Waals surface area contributed by atoms with Crippen molar-refractivity contribution in [3.63, 3.8) is 0 Å². The molecule has 0 aromatic heterocycles. The van der Waals surface area contributed by atoms with Crippen LogP contribution < -0.4 is 0 Å². The van der Waals surface area contributed by atoms with Gasteiger partial charge in [0.05, 0.1) is 6.61 Å². The molecule has 29 heavy (non-hydrogen) atoms. The number of carboxylic acid groups (broad SMARTS) is 1. The SMILES string of the molecule is Cc1ccc(C(=O)N2[C@@H](C(=O)O)COC23CCN(C(=O)CC(C)(C)C)CC3)cc1. The summed E-state index contributed by atoms with van der Waals surface area (Å²) < 4.78 is 5.95. The van der Waals surface area contributed by atoms with Gasteiger partial charge >= 0.3 is 5.97 Å². The average Bonchev–Trinajstić information content (AvgIpc) is 3.00. The zero-order chi connectivity index (χ0) is 21.4. The van der Waals surface area contributed by atoms with E-state index in [-0.39, 0.29) is 23.8 Å². The molecule has 2 aliphatic heterocycles. The highest BCUT2D eigenvalue weighted by atomic mass is 16.5. The molecule has 1 atom stereocenters. The Hall–Kier alpha value is -2.41. The van der Waals surface area contributed by atoms with Gasteiger partial charge in [-0.05, 0) is 24.5 Å². The van der Waals surface area contributed by atoms with Crippen LogP contribution in [0.5, 0.6) is 0 Å². The molecule has 0 radical (unpaired) electrons. The van der Waals surface area contributed by atoms with Crippen LogP contribution in [0, 0.1) is 12.3 Å². The quantitative estimate of drug-likeness (QED) is 0.840. The Kier molecular flexibility index (Phi) is 5.72. The summed E-state index contributed by atoms with van der Waals surface area (Å²) in [5.74, 6) is -1.34. The van der Waals surface area contributed by atoms with Crippen LogP contribution in [0.1, 0.15) is 56.0 Å². The number of piperidine rings is 1. The first-order valence-electron chi connectivity index (χ1n) is 10.1. The Morgan fingerprint density at radius 3 is 2.24 bits per heavy atom. The standard InChI is InChI=1S/C22H30N2O5/c1-15-5-7-16(8-6-15)19(26)24-17(20(27)28)14-29-22(24)9-11-23(12-10-22)18(25)13-21(2,3)4/h5-8,17H,9-14H2,1-4H3,(H,27,28)/t17-/m1/s1. The van der Waals surface area contributed by atoms with Gasteiger partial charge in [-0.25, -0.2) is 4.79 Å². The summed E-state index contributed by atoms with van der Waals surface area (Å²) in [6.07, 6.45) is 1.26. The Morgan fingerprint density at radius 2 is 1.72 bits per heavy atom. The van der Waals surface area contributed by atoms with E-state index in [0.29, 0.717) is 37.9 Å². The number of aliphatic carboxylic acids is 1. The summed E-state index contributed by atoms with van der Waals surface area (Å²) >= 11 is 0. The molecule has 7 nitrogen and oxygen atoms in total. The fourth-order valence-electron chi connectivity index (χ4n) is 4.06. The average molecular weight is 402 g/mol. The highest BCUT2D eigenvalue weighted by Gasteiger charge is 2.54. The molecular formula is C22H30N2O5. The first-order chi connectivity index (χ1) is 13.5. The lowest BCUT2D eigenvalue weighted by Crippen LogP contribution is -2.58. The molecule has 1 aromatic rings. The maximum atomic E-state index is 13.3. The summed E-state index contributed by atoms with van der Waals surface area (Å²) in [7, 11) is 0. The number of ether oxygens (including phenoxy) is 1. The third kappa shape index (κ3) is 4.45. The van der Waals surface area contributed by atoms with Gasteiger partial charge in [0.2, 0.25) is 5.91 Å². The van der Waals surface area contributed by atoms with E-state index in [1.807, 2.05) is 39.8 Å². The van der Waals surface area contributed by atoms with E-state index in [0.717, 1.165) is 5.56 Å². The number of aryl methyl sites for hydroxylation is 1. The number of benzene rings is 1. The van der Waals surface area contributed by atoms with Gasteiger partial charge in [-0.3, -0.25) is 14.5 Å². The van der Waals surface area contributed by atoms with Gasteiger partial charge < -0.3 is 14.7 Å². The monoisotopic (exact) mass is 402 g/mol. The molecule has 2 saturated heterocycles. The van der Waals surface area contributed by atoms with Crippen LogP contribution in [0.2, 0.25) is 0 Å². The van der Waals surface area contributed by atoms with E-state index in [2.05, 4.69) is 0 Å². The first kappa shape index (κ1) is 21.3. The second kappa shape index (κ2) is 7.78. The molecular weight excluding hydrogens is 372 g/mol. The number of carbonyl (C=O) groups is 3. The van der Waals surface area contributed by atoms with Crippen molar-refractivity contribution >= 4 is 17.8 Å². The predicted molar refractivity (Wildman–Crippen MR) is 107 cm³/mol. The molecule has 0 unspecified atom stereocenters. The van der Waals surface area contributed by atoms with Gasteiger partial charge in [0.15, 0.2) is 6.04 Å². The van der Waals surface area contributed by atoms with Gasteiger partial charge in [-0.15, -0.1) is 0 Å². The van der Waals surface area contributed by atoms with Gasteiger partial charge in [-0.2, -0.15) is 0 Å². The van der Waals surface area contributed by atoms with Gasteiger partial charge in [0.25, 0.3) is 5.91 Å². The summed E-state index contributed by atoms with van der Waals surface area (Å²) in [4.78, 5) is 40.8. The fraction of sp³-hybridized carbons (Fsp3) is 0.591. The molecule has 7 heteroatoms. The third-order valence-corrected chi connectivity index (χ3v) is 5.64.